The molecule has 2 aromatic heterocycles. The lowest BCUT2D eigenvalue weighted by atomic mass is 10.2. The lowest BCUT2D eigenvalue weighted by molar-refractivity contribution is -0.136. The van der Waals surface area contributed by atoms with Crippen LogP contribution in [0.1, 0.15) is 6.92 Å². The summed E-state index contributed by atoms with van der Waals surface area (Å²) in [7, 11) is 0. The lowest BCUT2D eigenvalue weighted by Gasteiger charge is -2.34. The Morgan fingerprint density at radius 2 is 1.81 bits per heavy atom. The molecule has 1 saturated heterocycles. The second kappa shape index (κ2) is 8.81. The lowest BCUT2D eigenvalue weighted by Crippen LogP contribution is -2.50. The summed E-state index contributed by atoms with van der Waals surface area (Å²) >= 11 is 1.37. The molecule has 0 spiro atoms. The molecule has 0 aromatic carbocycles. The van der Waals surface area contributed by atoms with Crippen LogP contribution < -0.4 is 0 Å². The molecule has 0 bridgehead atoms. The van der Waals surface area contributed by atoms with Crippen molar-refractivity contribution in [2.45, 2.75) is 18.6 Å². The van der Waals surface area contributed by atoms with E-state index < -0.39 is 0 Å². The van der Waals surface area contributed by atoms with Gasteiger partial charge in [-0.15, -0.1) is 16.8 Å². The van der Waals surface area contributed by atoms with Crippen LogP contribution in [0.5, 0.6) is 0 Å². The molecule has 3 heterocycles. The minimum atomic E-state index is 0.0433. The summed E-state index contributed by atoms with van der Waals surface area (Å²) in [5, 5.41) is 9.20. The standard InChI is InChI=1S/C18H22N6O2S/c1-3-8-24-17(15-4-6-19-7-5-15)20-21-18(24)27-13-16(26)23-11-9-22(10-12-23)14(2)25/h3-7H,1,8-13H2,2H3. The molecule has 0 aliphatic carbocycles. The largest absolute Gasteiger partial charge is 0.339 e. The van der Waals surface area contributed by atoms with Gasteiger partial charge in [-0.25, -0.2) is 0 Å². The number of pyridine rings is 1. The highest BCUT2D eigenvalue weighted by Crippen LogP contribution is 2.24. The van der Waals surface area contributed by atoms with Crippen LogP contribution in [-0.2, 0) is 16.1 Å². The van der Waals surface area contributed by atoms with Crippen LogP contribution in [0.2, 0.25) is 0 Å². The molecule has 0 unspecified atom stereocenters. The van der Waals surface area contributed by atoms with Crippen molar-refractivity contribution in [2.24, 2.45) is 0 Å². The monoisotopic (exact) mass is 386 g/mol. The van der Waals surface area contributed by atoms with Crippen LogP contribution in [0, 0.1) is 0 Å². The number of piperazine rings is 1. The minimum absolute atomic E-state index is 0.0433. The number of amides is 2. The quantitative estimate of drug-likeness (QED) is 0.550. The van der Waals surface area contributed by atoms with E-state index in [1.807, 2.05) is 16.7 Å². The average molecular weight is 386 g/mol. The Kier molecular flexibility index (Phi) is 6.23. The molecule has 3 rings (SSSR count). The molecule has 1 aliphatic rings. The number of hydrogen-bond donors (Lipinski definition) is 0. The third-order valence-electron chi connectivity index (χ3n) is 4.37. The maximum atomic E-state index is 12.5. The molecule has 9 heteroatoms. The normalized spacial score (nSPS) is 14.3. The van der Waals surface area contributed by atoms with E-state index in [0.717, 1.165) is 11.4 Å². The van der Waals surface area contributed by atoms with Gasteiger partial charge in [-0.05, 0) is 12.1 Å². The van der Waals surface area contributed by atoms with Gasteiger partial charge in [-0.2, -0.15) is 0 Å². The summed E-state index contributed by atoms with van der Waals surface area (Å²) in [6.07, 6.45) is 5.19. The van der Waals surface area contributed by atoms with Gasteiger partial charge in [0.15, 0.2) is 11.0 Å². The van der Waals surface area contributed by atoms with Crippen LogP contribution in [0.3, 0.4) is 0 Å². The maximum Gasteiger partial charge on any atom is 0.233 e. The van der Waals surface area contributed by atoms with Gasteiger partial charge < -0.3 is 9.80 Å². The number of hydrogen-bond acceptors (Lipinski definition) is 6. The van der Waals surface area contributed by atoms with Gasteiger partial charge in [-0.1, -0.05) is 17.8 Å². The Labute approximate surface area is 162 Å². The number of nitrogens with zero attached hydrogens (tertiary/aromatic N) is 6. The summed E-state index contributed by atoms with van der Waals surface area (Å²) in [5.74, 6) is 1.10. The van der Waals surface area contributed by atoms with E-state index in [1.54, 1.807) is 35.2 Å². The molecule has 8 nitrogen and oxygen atoms in total. The average Bonchev–Trinajstić information content (AvgIpc) is 3.10. The van der Waals surface area contributed by atoms with Crippen LogP contribution in [0.4, 0.5) is 0 Å². The van der Waals surface area contributed by atoms with Crippen molar-refractivity contribution in [1.29, 1.82) is 0 Å². The number of carbonyl (C=O) groups excluding carboxylic acids is 2. The molecular formula is C18H22N6O2S. The third-order valence-corrected chi connectivity index (χ3v) is 5.32. The Hall–Kier alpha value is -2.68. The zero-order chi connectivity index (χ0) is 19.2. The van der Waals surface area contributed by atoms with Crippen molar-refractivity contribution in [3.05, 3.63) is 37.2 Å². The van der Waals surface area contributed by atoms with E-state index in [0.29, 0.717) is 37.9 Å². The van der Waals surface area contributed by atoms with Crippen molar-refractivity contribution in [3.63, 3.8) is 0 Å². The summed E-state index contributed by atoms with van der Waals surface area (Å²) < 4.78 is 1.94. The topological polar surface area (TPSA) is 84.2 Å². The molecule has 1 aliphatic heterocycles. The van der Waals surface area contributed by atoms with Crippen LogP contribution in [-0.4, -0.2) is 73.3 Å². The summed E-state index contributed by atoms with van der Waals surface area (Å²) in [4.78, 5) is 31.5. The van der Waals surface area contributed by atoms with E-state index >= 15 is 0 Å². The molecule has 1 fully saturated rings. The molecule has 2 amide bonds. The molecule has 0 atom stereocenters. The maximum absolute atomic E-state index is 12.5. The van der Waals surface area contributed by atoms with Gasteiger partial charge >= 0.3 is 0 Å². The number of carbonyl (C=O) groups is 2. The highest BCUT2D eigenvalue weighted by molar-refractivity contribution is 7.99. The highest BCUT2D eigenvalue weighted by atomic mass is 32.2. The van der Waals surface area contributed by atoms with Crippen molar-refractivity contribution in [1.82, 2.24) is 29.5 Å². The SMILES string of the molecule is C=CCn1c(SCC(=O)N2CCN(C(C)=O)CC2)nnc1-c1ccncc1. The summed E-state index contributed by atoms with van der Waals surface area (Å²) in [6, 6.07) is 3.75. The van der Waals surface area contributed by atoms with Crippen molar-refractivity contribution in [2.75, 3.05) is 31.9 Å². The van der Waals surface area contributed by atoms with Gasteiger partial charge in [0, 0.05) is 57.6 Å². The van der Waals surface area contributed by atoms with Gasteiger partial charge in [0.1, 0.15) is 0 Å². The molecule has 2 aromatic rings. The summed E-state index contributed by atoms with van der Waals surface area (Å²) in [6.45, 7) is 8.22. The number of aromatic nitrogens is 4. The second-order valence-electron chi connectivity index (χ2n) is 6.12. The smallest absolute Gasteiger partial charge is 0.233 e. The molecule has 142 valence electrons. The Morgan fingerprint density at radius 1 is 1.15 bits per heavy atom. The van der Waals surface area contributed by atoms with Crippen LogP contribution in [0.15, 0.2) is 42.3 Å². The number of rotatable bonds is 6. The highest BCUT2D eigenvalue weighted by Gasteiger charge is 2.23. The molecule has 27 heavy (non-hydrogen) atoms. The van der Waals surface area contributed by atoms with E-state index in [2.05, 4.69) is 21.8 Å². The van der Waals surface area contributed by atoms with E-state index in [9.17, 15) is 9.59 Å². The van der Waals surface area contributed by atoms with Crippen molar-refractivity contribution >= 4 is 23.6 Å². The fraction of sp³-hybridized carbons (Fsp3) is 0.389. The number of thioether (sulfide) groups is 1. The van der Waals surface area contributed by atoms with Gasteiger partial charge in [-0.3, -0.25) is 19.1 Å². The Bertz CT molecular complexity index is 815. The van der Waals surface area contributed by atoms with Crippen molar-refractivity contribution < 1.29 is 9.59 Å². The second-order valence-corrected chi connectivity index (χ2v) is 7.06. The molecule has 0 N–H and O–H groups in total. The fourth-order valence-electron chi connectivity index (χ4n) is 2.89. The predicted octanol–water partition coefficient (Wildman–Crippen LogP) is 1.31. The van der Waals surface area contributed by atoms with Crippen molar-refractivity contribution in [3.8, 4) is 11.4 Å². The van der Waals surface area contributed by atoms with E-state index in [1.165, 1.54) is 11.8 Å². The first kappa shape index (κ1) is 19.1. The first-order valence-electron chi connectivity index (χ1n) is 8.70. The third kappa shape index (κ3) is 4.54. The van der Waals surface area contributed by atoms with Gasteiger partial charge in [0.2, 0.25) is 11.8 Å². The molecule has 0 saturated carbocycles. The van der Waals surface area contributed by atoms with Gasteiger partial charge in [0.05, 0.1) is 5.75 Å². The number of allylic oxidation sites excluding steroid dienone is 1. The Morgan fingerprint density at radius 3 is 2.44 bits per heavy atom. The van der Waals surface area contributed by atoms with E-state index in [4.69, 9.17) is 0 Å². The first-order valence-corrected chi connectivity index (χ1v) is 9.69. The minimum Gasteiger partial charge on any atom is -0.339 e. The van der Waals surface area contributed by atoms with Crippen LogP contribution >= 0.6 is 11.8 Å². The Balaban J connectivity index is 1.64. The van der Waals surface area contributed by atoms with Crippen LogP contribution in [0.25, 0.3) is 11.4 Å². The molecule has 0 radical (unpaired) electrons. The fourth-order valence-corrected chi connectivity index (χ4v) is 3.74. The van der Waals surface area contributed by atoms with Gasteiger partial charge in [0.25, 0.3) is 0 Å². The zero-order valence-corrected chi connectivity index (χ0v) is 16.1. The molecular weight excluding hydrogens is 364 g/mol. The summed E-state index contributed by atoms with van der Waals surface area (Å²) in [5.41, 5.74) is 0.915. The zero-order valence-electron chi connectivity index (χ0n) is 15.2. The first-order chi connectivity index (χ1) is 13.1. The predicted molar refractivity (Wildman–Crippen MR) is 103 cm³/mol. The van der Waals surface area contributed by atoms with E-state index in [-0.39, 0.29) is 17.6 Å².